The second-order valence-electron chi connectivity index (χ2n) is 6.34. The van der Waals surface area contributed by atoms with Gasteiger partial charge in [0.2, 0.25) is 5.91 Å². The number of benzene rings is 2. The van der Waals surface area contributed by atoms with Gasteiger partial charge in [-0.3, -0.25) is 4.79 Å². The average Bonchev–Trinajstić information content (AvgIpc) is 3.16. The first kappa shape index (κ1) is 17.7. The number of rotatable bonds is 6. The minimum Gasteiger partial charge on any atom is -0.496 e. The number of carbonyl (C=O) groups excluding carboxylic acids is 1. The van der Waals surface area contributed by atoms with Gasteiger partial charge >= 0.3 is 0 Å². The van der Waals surface area contributed by atoms with Gasteiger partial charge in [-0.25, -0.2) is 4.98 Å². The van der Waals surface area contributed by atoms with Crippen molar-refractivity contribution >= 4 is 5.91 Å². The van der Waals surface area contributed by atoms with Crippen LogP contribution in [0.25, 0.3) is 5.69 Å². The Balaban J connectivity index is 1.65. The number of hydrogen-bond donors (Lipinski definition) is 1. The molecular formula is C21H23N3O2. The lowest BCUT2D eigenvalue weighted by Gasteiger charge is -2.16. The number of ether oxygens (including phenoxy) is 1. The second-order valence-corrected chi connectivity index (χ2v) is 6.34. The van der Waals surface area contributed by atoms with Gasteiger partial charge in [-0.2, -0.15) is 0 Å². The molecule has 0 spiro atoms. The SMILES string of the molecule is COc1ccc(C)cc1CC(=O)N[C@H](C)c1ccc(-n2ccnc2)cc1. The third-order valence-corrected chi connectivity index (χ3v) is 4.36. The first-order valence-electron chi connectivity index (χ1n) is 8.58. The third-order valence-electron chi connectivity index (χ3n) is 4.36. The van der Waals surface area contributed by atoms with Gasteiger partial charge in [0.1, 0.15) is 5.75 Å². The Morgan fingerprint density at radius 3 is 2.65 bits per heavy atom. The topological polar surface area (TPSA) is 56.1 Å². The summed E-state index contributed by atoms with van der Waals surface area (Å²) < 4.78 is 7.29. The van der Waals surface area contributed by atoms with E-state index in [4.69, 9.17) is 4.74 Å². The molecule has 0 aliphatic heterocycles. The molecule has 134 valence electrons. The molecule has 0 aliphatic rings. The summed E-state index contributed by atoms with van der Waals surface area (Å²) >= 11 is 0. The van der Waals surface area contributed by atoms with Crippen LogP contribution in [0.4, 0.5) is 0 Å². The Labute approximate surface area is 153 Å². The highest BCUT2D eigenvalue weighted by molar-refractivity contribution is 5.79. The Bertz CT molecular complexity index is 871. The van der Waals surface area contributed by atoms with Crippen molar-refractivity contribution in [3.05, 3.63) is 77.9 Å². The number of nitrogens with zero attached hydrogens (tertiary/aromatic N) is 2. The summed E-state index contributed by atoms with van der Waals surface area (Å²) in [5.41, 5.74) is 4.09. The van der Waals surface area contributed by atoms with E-state index in [1.807, 2.05) is 67.1 Å². The Kier molecular flexibility index (Phi) is 5.37. The maximum Gasteiger partial charge on any atom is 0.225 e. The molecule has 0 fully saturated rings. The maximum absolute atomic E-state index is 12.5. The molecule has 26 heavy (non-hydrogen) atoms. The highest BCUT2D eigenvalue weighted by Gasteiger charge is 2.13. The van der Waals surface area contributed by atoms with E-state index in [1.165, 1.54) is 0 Å². The largest absolute Gasteiger partial charge is 0.496 e. The van der Waals surface area contributed by atoms with Crippen molar-refractivity contribution in [3.63, 3.8) is 0 Å². The standard InChI is InChI=1S/C21H23N3O2/c1-15-4-9-20(26-3)18(12-15)13-21(25)23-16(2)17-5-7-19(8-6-17)24-11-10-22-14-24/h4-12,14,16H,13H2,1-3H3,(H,23,25)/t16-/m1/s1. The highest BCUT2D eigenvalue weighted by Crippen LogP contribution is 2.21. The molecule has 0 saturated carbocycles. The van der Waals surface area contributed by atoms with Gasteiger partial charge in [0, 0.05) is 23.6 Å². The molecule has 3 aromatic rings. The van der Waals surface area contributed by atoms with Gasteiger partial charge in [-0.1, -0.05) is 29.8 Å². The van der Waals surface area contributed by atoms with Crippen LogP contribution in [-0.2, 0) is 11.2 Å². The Morgan fingerprint density at radius 2 is 2.00 bits per heavy atom. The molecule has 5 heteroatoms. The average molecular weight is 349 g/mol. The molecule has 0 unspecified atom stereocenters. The lowest BCUT2D eigenvalue weighted by Crippen LogP contribution is -2.28. The summed E-state index contributed by atoms with van der Waals surface area (Å²) in [6.07, 6.45) is 5.70. The van der Waals surface area contributed by atoms with E-state index in [2.05, 4.69) is 10.3 Å². The van der Waals surface area contributed by atoms with Crippen molar-refractivity contribution in [2.75, 3.05) is 7.11 Å². The van der Waals surface area contributed by atoms with Crippen molar-refractivity contribution in [3.8, 4) is 11.4 Å². The van der Waals surface area contributed by atoms with Crippen LogP contribution in [0.1, 0.15) is 29.7 Å². The molecule has 0 saturated heterocycles. The molecular weight excluding hydrogens is 326 g/mol. The van der Waals surface area contributed by atoms with E-state index >= 15 is 0 Å². The fourth-order valence-electron chi connectivity index (χ4n) is 2.94. The number of carbonyl (C=O) groups is 1. The molecule has 5 nitrogen and oxygen atoms in total. The maximum atomic E-state index is 12.5. The fourth-order valence-corrected chi connectivity index (χ4v) is 2.94. The molecule has 2 aromatic carbocycles. The van der Waals surface area contributed by atoms with E-state index in [1.54, 1.807) is 19.6 Å². The minimum absolute atomic E-state index is 0.0277. The van der Waals surface area contributed by atoms with Crippen LogP contribution in [0.2, 0.25) is 0 Å². The molecule has 1 heterocycles. The summed E-state index contributed by atoms with van der Waals surface area (Å²) in [7, 11) is 1.62. The number of amides is 1. The Morgan fingerprint density at radius 1 is 1.23 bits per heavy atom. The molecule has 0 bridgehead atoms. The van der Waals surface area contributed by atoms with Crippen molar-refractivity contribution in [2.45, 2.75) is 26.3 Å². The van der Waals surface area contributed by atoms with Crippen LogP contribution in [0.3, 0.4) is 0 Å². The van der Waals surface area contributed by atoms with Crippen LogP contribution >= 0.6 is 0 Å². The highest BCUT2D eigenvalue weighted by atomic mass is 16.5. The van der Waals surface area contributed by atoms with Gasteiger partial charge < -0.3 is 14.6 Å². The molecule has 3 rings (SSSR count). The van der Waals surface area contributed by atoms with Crippen LogP contribution in [0.15, 0.2) is 61.2 Å². The molecule has 0 radical (unpaired) electrons. The summed E-state index contributed by atoms with van der Waals surface area (Å²) in [4.78, 5) is 16.5. The second kappa shape index (κ2) is 7.87. The molecule has 0 aliphatic carbocycles. The fraction of sp³-hybridized carbons (Fsp3) is 0.238. The minimum atomic E-state index is -0.0739. The Hall–Kier alpha value is -3.08. The van der Waals surface area contributed by atoms with Crippen LogP contribution in [0, 0.1) is 6.92 Å². The van der Waals surface area contributed by atoms with E-state index in [9.17, 15) is 4.79 Å². The molecule has 1 atom stereocenters. The number of aryl methyl sites for hydroxylation is 1. The van der Waals surface area contributed by atoms with Crippen LogP contribution in [0.5, 0.6) is 5.75 Å². The monoisotopic (exact) mass is 349 g/mol. The van der Waals surface area contributed by atoms with Gasteiger partial charge in [-0.15, -0.1) is 0 Å². The zero-order valence-electron chi connectivity index (χ0n) is 15.3. The van der Waals surface area contributed by atoms with Crippen molar-refractivity contribution < 1.29 is 9.53 Å². The molecule has 1 N–H and O–H groups in total. The van der Waals surface area contributed by atoms with E-state index in [0.717, 1.165) is 28.1 Å². The predicted molar refractivity (Wildman–Crippen MR) is 102 cm³/mol. The zero-order valence-corrected chi connectivity index (χ0v) is 15.3. The van der Waals surface area contributed by atoms with Crippen molar-refractivity contribution in [1.82, 2.24) is 14.9 Å². The number of nitrogens with one attached hydrogen (secondary N) is 1. The van der Waals surface area contributed by atoms with Gasteiger partial charge in [-0.05, 0) is 37.6 Å². The lowest BCUT2D eigenvalue weighted by molar-refractivity contribution is -0.121. The first-order valence-corrected chi connectivity index (χ1v) is 8.58. The normalized spacial score (nSPS) is 11.8. The smallest absolute Gasteiger partial charge is 0.225 e. The molecule has 1 aromatic heterocycles. The van der Waals surface area contributed by atoms with Gasteiger partial charge in [0.25, 0.3) is 0 Å². The summed E-state index contributed by atoms with van der Waals surface area (Å²) in [5, 5.41) is 3.06. The number of imidazole rings is 1. The summed E-state index contributed by atoms with van der Waals surface area (Å²) in [6.45, 7) is 3.99. The first-order chi connectivity index (χ1) is 12.6. The summed E-state index contributed by atoms with van der Waals surface area (Å²) in [5.74, 6) is 0.711. The lowest BCUT2D eigenvalue weighted by atomic mass is 10.1. The number of methoxy groups -OCH3 is 1. The zero-order chi connectivity index (χ0) is 18.5. The van der Waals surface area contributed by atoms with E-state index in [0.29, 0.717) is 6.42 Å². The number of hydrogen-bond acceptors (Lipinski definition) is 3. The number of aromatic nitrogens is 2. The quantitative estimate of drug-likeness (QED) is 0.740. The predicted octanol–water partition coefficient (Wildman–Crippen LogP) is 3.61. The van der Waals surface area contributed by atoms with E-state index < -0.39 is 0 Å². The third kappa shape index (κ3) is 4.11. The van der Waals surface area contributed by atoms with Crippen LogP contribution in [-0.4, -0.2) is 22.6 Å². The van der Waals surface area contributed by atoms with Gasteiger partial charge in [0.05, 0.1) is 25.9 Å². The van der Waals surface area contributed by atoms with E-state index in [-0.39, 0.29) is 11.9 Å². The molecule has 1 amide bonds. The van der Waals surface area contributed by atoms with Crippen molar-refractivity contribution in [1.29, 1.82) is 0 Å². The van der Waals surface area contributed by atoms with Gasteiger partial charge in [0.15, 0.2) is 0 Å². The van der Waals surface area contributed by atoms with Crippen LogP contribution < -0.4 is 10.1 Å². The van der Waals surface area contributed by atoms with Crippen molar-refractivity contribution in [2.24, 2.45) is 0 Å². The summed E-state index contributed by atoms with van der Waals surface area (Å²) in [6, 6.07) is 13.9.